The van der Waals surface area contributed by atoms with Crippen LogP contribution in [0.4, 0.5) is 0 Å². The van der Waals surface area contributed by atoms with Crippen molar-refractivity contribution in [1.29, 1.82) is 0 Å². The van der Waals surface area contributed by atoms with E-state index in [9.17, 15) is 4.79 Å². The Bertz CT molecular complexity index is 1140. The standard InChI is InChI=1S/C19H16N4O3S/c1-25-11-7-8-13(16(9-11)26-2)15(24)10-27-19-21-18-17(22-23-19)12-5-3-4-6-14(12)20-18/h3-9H,10H2,1-2H3,(H,20,21,23). The Hall–Kier alpha value is -3.13. The van der Waals surface area contributed by atoms with Crippen LogP contribution >= 0.6 is 11.8 Å². The van der Waals surface area contributed by atoms with Gasteiger partial charge in [-0.2, -0.15) is 0 Å². The molecule has 0 bridgehead atoms. The van der Waals surface area contributed by atoms with E-state index in [-0.39, 0.29) is 11.5 Å². The quantitative estimate of drug-likeness (QED) is 0.404. The van der Waals surface area contributed by atoms with Gasteiger partial charge in [-0.25, -0.2) is 4.98 Å². The number of fused-ring (bicyclic) bond motifs is 3. The molecule has 27 heavy (non-hydrogen) atoms. The van der Waals surface area contributed by atoms with Crippen molar-refractivity contribution in [3.05, 3.63) is 48.0 Å². The maximum atomic E-state index is 12.6. The molecule has 0 spiro atoms. The molecule has 1 N–H and O–H groups in total. The zero-order valence-corrected chi connectivity index (χ0v) is 15.5. The summed E-state index contributed by atoms with van der Waals surface area (Å²) in [5.74, 6) is 1.20. The van der Waals surface area contributed by atoms with Gasteiger partial charge in [0, 0.05) is 17.0 Å². The summed E-state index contributed by atoms with van der Waals surface area (Å²) in [5, 5.41) is 9.82. The van der Waals surface area contributed by atoms with Gasteiger partial charge in [0.2, 0.25) is 5.16 Å². The van der Waals surface area contributed by atoms with Crippen LogP contribution < -0.4 is 9.47 Å². The number of aromatic amines is 1. The van der Waals surface area contributed by atoms with Gasteiger partial charge in [-0.05, 0) is 18.2 Å². The lowest BCUT2D eigenvalue weighted by Crippen LogP contribution is -2.06. The molecule has 2 aromatic heterocycles. The molecule has 2 heterocycles. The summed E-state index contributed by atoms with van der Waals surface area (Å²) in [5.41, 5.74) is 2.82. The van der Waals surface area contributed by atoms with Crippen LogP contribution in [0.3, 0.4) is 0 Å². The van der Waals surface area contributed by atoms with Crippen molar-refractivity contribution < 1.29 is 14.3 Å². The fourth-order valence-corrected chi connectivity index (χ4v) is 3.47. The first-order valence-electron chi connectivity index (χ1n) is 8.19. The van der Waals surface area contributed by atoms with Gasteiger partial charge in [-0.15, -0.1) is 10.2 Å². The van der Waals surface area contributed by atoms with E-state index < -0.39 is 0 Å². The van der Waals surface area contributed by atoms with Gasteiger partial charge in [0.15, 0.2) is 11.4 Å². The van der Waals surface area contributed by atoms with Crippen LogP contribution in [0.2, 0.25) is 0 Å². The molecule has 4 aromatic rings. The minimum atomic E-state index is -0.0835. The number of H-pyrrole nitrogens is 1. The summed E-state index contributed by atoms with van der Waals surface area (Å²) >= 11 is 1.24. The largest absolute Gasteiger partial charge is 0.497 e. The van der Waals surface area contributed by atoms with E-state index >= 15 is 0 Å². The summed E-state index contributed by atoms with van der Waals surface area (Å²) < 4.78 is 10.5. The number of rotatable bonds is 6. The third-order valence-electron chi connectivity index (χ3n) is 4.14. The number of nitrogens with one attached hydrogen (secondary N) is 1. The van der Waals surface area contributed by atoms with Crippen LogP contribution in [-0.2, 0) is 0 Å². The van der Waals surface area contributed by atoms with Crippen LogP contribution in [0.1, 0.15) is 10.4 Å². The number of hydrogen-bond donors (Lipinski definition) is 1. The third kappa shape index (κ3) is 3.31. The second-order valence-corrected chi connectivity index (χ2v) is 6.68. The van der Waals surface area contributed by atoms with Crippen LogP contribution in [0.5, 0.6) is 11.5 Å². The van der Waals surface area contributed by atoms with Crippen molar-refractivity contribution in [3.63, 3.8) is 0 Å². The molecule has 136 valence electrons. The minimum absolute atomic E-state index is 0.0835. The van der Waals surface area contributed by atoms with Crippen LogP contribution in [0.15, 0.2) is 47.6 Å². The minimum Gasteiger partial charge on any atom is -0.497 e. The second kappa shape index (κ2) is 7.24. The van der Waals surface area contributed by atoms with Gasteiger partial charge in [0.05, 0.1) is 25.5 Å². The molecule has 0 aliphatic rings. The molecule has 8 heteroatoms. The van der Waals surface area contributed by atoms with E-state index in [0.717, 1.165) is 16.4 Å². The lowest BCUT2D eigenvalue weighted by Gasteiger charge is -2.09. The highest BCUT2D eigenvalue weighted by molar-refractivity contribution is 7.99. The normalized spacial score (nSPS) is 11.0. The van der Waals surface area contributed by atoms with Crippen LogP contribution in [0.25, 0.3) is 22.1 Å². The van der Waals surface area contributed by atoms with Crippen molar-refractivity contribution in [1.82, 2.24) is 20.2 Å². The summed E-state index contributed by atoms with van der Waals surface area (Å²) in [6.07, 6.45) is 0. The molecule has 0 amide bonds. The molecule has 7 nitrogen and oxygen atoms in total. The summed E-state index contributed by atoms with van der Waals surface area (Å²) in [6.45, 7) is 0. The van der Waals surface area contributed by atoms with Crippen molar-refractivity contribution >= 4 is 39.6 Å². The van der Waals surface area contributed by atoms with E-state index in [1.807, 2.05) is 24.3 Å². The second-order valence-electron chi connectivity index (χ2n) is 5.74. The van der Waals surface area contributed by atoms with Crippen molar-refractivity contribution in [2.75, 3.05) is 20.0 Å². The zero-order chi connectivity index (χ0) is 18.8. The number of ether oxygens (including phenoxy) is 2. The van der Waals surface area contributed by atoms with Crippen LogP contribution in [0, 0.1) is 0 Å². The predicted molar refractivity (Wildman–Crippen MR) is 104 cm³/mol. The molecule has 0 unspecified atom stereocenters. The first kappa shape index (κ1) is 17.3. The first-order chi connectivity index (χ1) is 13.2. The Morgan fingerprint density at radius 2 is 1.96 bits per heavy atom. The van der Waals surface area contributed by atoms with Gasteiger partial charge in [-0.3, -0.25) is 4.79 Å². The number of methoxy groups -OCH3 is 2. The number of carbonyl (C=O) groups is 1. The Labute approximate surface area is 159 Å². The predicted octanol–water partition coefficient (Wildman–Crippen LogP) is 3.50. The summed E-state index contributed by atoms with van der Waals surface area (Å²) in [4.78, 5) is 20.3. The number of hydrogen-bond acceptors (Lipinski definition) is 7. The maximum absolute atomic E-state index is 12.6. The molecule has 0 radical (unpaired) electrons. The van der Waals surface area contributed by atoms with Crippen molar-refractivity contribution in [2.24, 2.45) is 0 Å². The average Bonchev–Trinajstić information content (AvgIpc) is 3.09. The van der Waals surface area contributed by atoms with Gasteiger partial charge in [0.1, 0.15) is 17.0 Å². The number of para-hydroxylation sites is 1. The number of nitrogens with zero attached hydrogens (tertiary/aromatic N) is 3. The Morgan fingerprint density at radius 3 is 2.78 bits per heavy atom. The van der Waals surface area contributed by atoms with Crippen molar-refractivity contribution in [2.45, 2.75) is 5.16 Å². The highest BCUT2D eigenvalue weighted by atomic mass is 32.2. The van der Waals surface area contributed by atoms with E-state index in [2.05, 4.69) is 20.2 Å². The summed E-state index contributed by atoms with van der Waals surface area (Å²) in [7, 11) is 3.09. The molecule has 0 fully saturated rings. The number of aromatic nitrogens is 4. The number of benzene rings is 2. The maximum Gasteiger partial charge on any atom is 0.211 e. The van der Waals surface area contributed by atoms with Gasteiger partial charge in [0.25, 0.3) is 0 Å². The molecule has 0 atom stereocenters. The lowest BCUT2D eigenvalue weighted by atomic mass is 10.1. The van der Waals surface area contributed by atoms with Gasteiger partial charge < -0.3 is 14.5 Å². The number of carbonyl (C=O) groups excluding carboxylic acids is 1. The molecule has 4 rings (SSSR count). The molecule has 0 saturated heterocycles. The number of Topliss-reactive ketones (excluding diaryl/α,β-unsaturated/α-hetero) is 1. The van der Waals surface area contributed by atoms with Crippen molar-refractivity contribution in [3.8, 4) is 11.5 Å². The van der Waals surface area contributed by atoms with Crippen LogP contribution in [-0.4, -0.2) is 45.9 Å². The Morgan fingerprint density at radius 1 is 1.11 bits per heavy atom. The van der Waals surface area contributed by atoms with E-state index in [1.165, 1.54) is 18.9 Å². The molecule has 2 aromatic carbocycles. The molecule has 0 aliphatic carbocycles. The Kier molecular flexibility index (Phi) is 4.64. The lowest BCUT2D eigenvalue weighted by molar-refractivity contribution is 0.101. The van der Waals surface area contributed by atoms with Gasteiger partial charge >= 0.3 is 0 Å². The first-order valence-corrected chi connectivity index (χ1v) is 9.17. The Balaban J connectivity index is 1.54. The number of thioether (sulfide) groups is 1. The molecular weight excluding hydrogens is 364 g/mol. The zero-order valence-electron chi connectivity index (χ0n) is 14.7. The third-order valence-corrected chi connectivity index (χ3v) is 4.98. The van der Waals surface area contributed by atoms with E-state index in [1.54, 1.807) is 25.3 Å². The van der Waals surface area contributed by atoms with Gasteiger partial charge in [-0.1, -0.05) is 30.0 Å². The highest BCUT2D eigenvalue weighted by Gasteiger charge is 2.15. The average molecular weight is 380 g/mol. The fraction of sp³-hybridized carbons (Fsp3) is 0.158. The molecular formula is C19H16N4O3S. The van der Waals surface area contributed by atoms with E-state index in [0.29, 0.717) is 27.9 Å². The molecule has 0 aliphatic heterocycles. The van der Waals surface area contributed by atoms with E-state index in [4.69, 9.17) is 9.47 Å². The number of ketones is 1. The molecule has 0 saturated carbocycles. The fourth-order valence-electron chi connectivity index (χ4n) is 2.80. The smallest absolute Gasteiger partial charge is 0.211 e. The SMILES string of the molecule is COc1ccc(C(=O)CSc2nnc3c(n2)[nH]c2ccccc23)c(OC)c1. The monoisotopic (exact) mass is 380 g/mol. The summed E-state index contributed by atoms with van der Waals surface area (Å²) in [6, 6.07) is 12.9. The highest BCUT2D eigenvalue weighted by Crippen LogP contribution is 2.27. The topological polar surface area (TPSA) is 90.0 Å².